The van der Waals surface area contributed by atoms with E-state index < -0.39 is 0 Å². The van der Waals surface area contributed by atoms with E-state index in [1.54, 1.807) is 24.3 Å². The molecule has 0 amide bonds. The number of hydrogen-bond donors (Lipinski definition) is 0. The lowest BCUT2D eigenvalue weighted by atomic mass is 10.1. The van der Waals surface area contributed by atoms with Crippen LogP contribution in [0.1, 0.15) is 29.8 Å². The van der Waals surface area contributed by atoms with Gasteiger partial charge in [0, 0.05) is 10.5 Å². The lowest BCUT2D eigenvalue weighted by molar-refractivity contribution is 0.101. The molecule has 0 saturated carbocycles. The van der Waals surface area contributed by atoms with Gasteiger partial charge in [0.25, 0.3) is 0 Å². The molecule has 0 bridgehead atoms. The number of carbonyl (C=O) groups is 1. The number of ketones is 1. The first-order valence-corrected chi connectivity index (χ1v) is 8.43. The van der Waals surface area contributed by atoms with Crippen molar-refractivity contribution in [2.75, 3.05) is 6.61 Å². The molecule has 3 nitrogen and oxygen atoms in total. The normalized spacial score (nSPS) is 14.3. The summed E-state index contributed by atoms with van der Waals surface area (Å²) in [5, 5.41) is 0. The fourth-order valence-corrected chi connectivity index (χ4v) is 2.69. The zero-order chi connectivity index (χ0) is 17.1. The Balaban J connectivity index is 1.82. The van der Waals surface area contributed by atoms with Crippen molar-refractivity contribution in [3.8, 4) is 11.5 Å². The molecule has 0 radical (unpaired) electrons. The predicted octanol–water partition coefficient (Wildman–Crippen LogP) is 5.41. The molecule has 1 aliphatic heterocycles. The molecule has 0 aromatic heterocycles. The highest BCUT2D eigenvalue weighted by Crippen LogP contribution is 2.35. The number of rotatable bonds is 4. The largest absolute Gasteiger partial charge is 0.489 e. The van der Waals surface area contributed by atoms with Crippen molar-refractivity contribution < 1.29 is 14.3 Å². The molecular weight excluding hydrogens is 368 g/mol. The average Bonchev–Trinajstić information content (AvgIpc) is 2.85. The van der Waals surface area contributed by atoms with Gasteiger partial charge in [-0.1, -0.05) is 39.7 Å². The van der Waals surface area contributed by atoms with E-state index in [2.05, 4.69) is 15.9 Å². The van der Waals surface area contributed by atoms with Crippen molar-refractivity contribution in [3.05, 3.63) is 75.5 Å². The summed E-state index contributed by atoms with van der Waals surface area (Å²) in [7, 11) is 0. The van der Waals surface area contributed by atoms with Crippen LogP contribution < -0.4 is 9.47 Å². The van der Waals surface area contributed by atoms with Crippen molar-refractivity contribution in [1.82, 2.24) is 0 Å². The summed E-state index contributed by atoms with van der Waals surface area (Å²) in [4.78, 5) is 12.5. The van der Waals surface area contributed by atoms with Crippen molar-refractivity contribution in [3.63, 3.8) is 0 Å². The first-order chi connectivity index (χ1) is 11.5. The molecule has 0 aliphatic carbocycles. The third kappa shape index (κ3) is 3.60. The lowest BCUT2D eigenvalue weighted by Crippen LogP contribution is -1.98. The first-order valence-electron chi connectivity index (χ1n) is 7.63. The molecular formula is C20H17BrO3. The number of fused-ring (bicyclic) bond motifs is 1. The highest BCUT2D eigenvalue weighted by atomic mass is 79.9. The van der Waals surface area contributed by atoms with Crippen LogP contribution in [0.25, 0.3) is 6.08 Å². The molecule has 0 atom stereocenters. The second kappa shape index (κ2) is 7.05. The maximum absolute atomic E-state index is 12.5. The molecule has 1 aliphatic rings. The maximum atomic E-state index is 12.5. The third-order valence-electron chi connectivity index (χ3n) is 3.57. The van der Waals surface area contributed by atoms with Gasteiger partial charge in [-0.2, -0.15) is 0 Å². The van der Waals surface area contributed by atoms with Crippen LogP contribution in [0.15, 0.2) is 64.3 Å². The highest BCUT2D eigenvalue weighted by Gasteiger charge is 2.27. The minimum Gasteiger partial charge on any atom is -0.489 e. The summed E-state index contributed by atoms with van der Waals surface area (Å²) in [6, 6.07) is 13.0. The van der Waals surface area contributed by atoms with Crippen LogP contribution in [0.5, 0.6) is 11.5 Å². The smallest absolute Gasteiger partial charge is 0.231 e. The summed E-state index contributed by atoms with van der Waals surface area (Å²) in [5.41, 5.74) is 2.65. The predicted molar refractivity (Wildman–Crippen MR) is 98.4 cm³/mol. The van der Waals surface area contributed by atoms with Gasteiger partial charge in [-0.05, 0) is 49.8 Å². The van der Waals surface area contributed by atoms with E-state index in [0.717, 1.165) is 10.0 Å². The molecule has 0 unspecified atom stereocenters. The quantitative estimate of drug-likeness (QED) is 0.522. The van der Waals surface area contributed by atoms with Gasteiger partial charge in [-0.15, -0.1) is 0 Å². The van der Waals surface area contributed by atoms with Gasteiger partial charge < -0.3 is 9.47 Å². The van der Waals surface area contributed by atoms with Gasteiger partial charge in [0.1, 0.15) is 18.1 Å². The van der Waals surface area contributed by atoms with E-state index in [1.807, 2.05) is 44.2 Å². The molecule has 0 N–H and O–H groups in total. The number of carbonyl (C=O) groups excluding carboxylic acids is 1. The fraction of sp³-hybridized carbons (Fsp3) is 0.150. The number of ether oxygens (including phenoxy) is 2. The molecule has 122 valence electrons. The Morgan fingerprint density at radius 3 is 2.75 bits per heavy atom. The zero-order valence-corrected chi connectivity index (χ0v) is 15.1. The molecule has 2 aromatic carbocycles. The minimum absolute atomic E-state index is 0.114. The van der Waals surface area contributed by atoms with Gasteiger partial charge in [0.05, 0.1) is 5.56 Å². The number of allylic oxidation sites excluding steroid dienone is 2. The van der Waals surface area contributed by atoms with Crippen molar-refractivity contribution >= 4 is 27.8 Å². The van der Waals surface area contributed by atoms with E-state index in [0.29, 0.717) is 29.4 Å². The highest BCUT2D eigenvalue weighted by molar-refractivity contribution is 9.10. The van der Waals surface area contributed by atoms with Crippen LogP contribution in [-0.4, -0.2) is 12.4 Å². The van der Waals surface area contributed by atoms with Crippen molar-refractivity contribution in [2.45, 2.75) is 13.8 Å². The molecule has 0 fully saturated rings. The standard InChI is InChI=1S/C20H17BrO3/c1-13(2)9-10-23-15-7-8-16-18(12-15)24-19(20(16)22)11-14-5-3-4-6-17(14)21/h3-9,11-12H,10H2,1-2H3/b19-11-. The average molecular weight is 385 g/mol. The molecule has 4 heteroatoms. The molecule has 0 saturated heterocycles. The van der Waals surface area contributed by atoms with Gasteiger partial charge in [0.15, 0.2) is 5.76 Å². The second-order valence-electron chi connectivity index (χ2n) is 5.71. The first kappa shape index (κ1) is 16.5. The Kier molecular flexibility index (Phi) is 4.86. The van der Waals surface area contributed by atoms with Crippen LogP contribution in [0.3, 0.4) is 0 Å². The zero-order valence-electron chi connectivity index (χ0n) is 13.5. The molecule has 24 heavy (non-hydrogen) atoms. The topological polar surface area (TPSA) is 35.5 Å². The molecule has 0 spiro atoms. The number of hydrogen-bond acceptors (Lipinski definition) is 3. The Hall–Kier alpha value is -2.33. The molecule has 2 aromatic rings. The number of benzene rings is 2. The van der Waals surface area contributed by atoms with Crippen molar-refractivity contribution in [2.24, 2.45) is 0 Å². The van der Waals surface area contributed by atoms with Gasteiger partial charge in [-0.3, -0.25) is 4.79 Å². The third-order valence-corrected chi connectivity index (χ3v) is 4.30. The Labute approximate surface area is 149 Å². The summed E-state index contributed by atoms with van der Waals surface area (Å²) in [6.45, 7) is 4.54. The fourth-order valence-electron chi connectivity index (χ4n) is 2.29. The Morgan fingerprint density at radius 2 is 2.00 bits per heavy atom. The van der Waals surface area contributed by atoms with Gasteiger partial charge in [0.2, 0.25) is 5.78 Å². The maximum Gasteiger partial charge on any atom is 0.231 e. The Bertz CT molecular complexity index is 846. The molecule has 1 heterocycles. The van der Waals surface area contributed by atoms with Gasteiger partial charge in [-0.25, -0.2) is 0 Å². The monoisotopic (exact) mass is 384 g/mol. The number of halogens is 1. The van der Waals surface area contributed by atoms with Gasteiger partial charge >= 0.3 is 0 Å². The van der Waals surface area contributed by atoms with Crippen LogP contribution in [0, 0.1) is 0 Å². The summed E-state index contributed by atoms with van der Waals surface area (Å²) < 4.78 is 12.3. The van der Waals surface area contributed by atoms with E-state index in [-0.39, 0.29) is 5.78 Å². The van der Waals surface area contributed by atoms with Crippen LogP contribution in [-0.2, 0) is 0 Å². The summed E-state index contributed by atoms with van der Waals surface area (Å²) >= 11 is 3.47. The van der Waals surface area contributed by atoms with Crippen molar-refractivity contribution in [1.29, 1.82) is 0 Å². The minimum atomic E-state index is -0.114. The van der Waals surface area contributed by atoms with Crippen LogP contribution in [0.4, 0.5) is 0 Å². The summed E-state index contributed by atoms with van der Waals surface area (Å²) in [6.07, 6.45) is 3.74. The van der Waals surface area contributed by atoms with Crippen LogP contribution in [0.2, 0.25) is 0 Å². The van der Waals surface area contributed by atoms with E-state index in [1.165, 1.54) is 5.57 Å². The van der Waals surface area contributed by atoms with E-state index in [4.69, 9.17) is 9.47 Å². The van der Waals surface area contributed by atoms with E-state index in [9.17, 15) is 4.79 Å². The van der Waals surface area contributed by atoms with E-state index >= 15 is 0 Å². The summed E-state index contributed by atoms with van der Waals surface area (Å²) in [5.74, 6) is 1.42. The Morgan fingerprint density at radius 1 is 1.21 bits per heavy atom. The molecule has 3 rings (SSSR count). The van der Waals surface area contributed by atoms with Crippen LogP contribution >= 0.6 is 15.9 Å². The second-order valence-corrected chi connectivity index (χ2v) is 6.57. The lowest BCUT2D eigenvalue weighted by Gasteiger charge is -2.05. The number of Topliss-reactive ketones (excluding diaryl/α,β-unsaturated/α-hetero) is 1. The SMILES string of the molecule is CC(C)=CCOc1ccc2c(c1)O/C(=C\c1ccccc1Br)C2=O.